The number of rotatable bonds is 5. The van der Waals surface area contributed by atoms with E-state index in [0.717, 1.165) is 46.8 Å². The summed E-state index contributed by atoms with van der Waals surface area (Å²) in [5, 5.41) is 30.7. The fraction of sp³-hybridized carbons (Fsp3) is 0.333. The third kappa shape index (κ3) is 13.5. The maximum Gasteiger partial charge on any atom is 0.274 e. The number of nitrogens with zero attached hydrogens (tertiary/aromatic N) is 6. The summed E-state index contributed by atoms with van der Waals surface area (Å²) in [5.41, 5.74) is -0.209. The van der Waals surface area contributed by atoms with Gasteiger partial charge in [0.2, 0.25) is 33.9 Å². The molecule has 2 aliphatic rings. The Hall–Kier alpha value is -7.36. The third-order valence-electron chi connectivity index (χ3n) is 12.0. The Bertz CT molecular complexity index is 3050. The Kier molecular flexibility index (Phi) is 18.8. The van der Waals surface area contributed by atoms with Crippen LogP contribution in [0, 0.1) is 6.92 Å². The quantitative estimate of drug-likeness (QED) is 0.121. The molecule has 0 radical (unpaired) electrons. The standard InChI is InChI=1S/C48H52N10O13S4/c1-23-9-11-29-26(13-23)15-35(59)39(51-29)43(65)53-31-19-72-47(69)24(2)55(4)45(67)34-22-75-74-21-33(57(6)37(61)17-49-41(31)63)46(68)56(5)25(3)48(70)73-20-32(42(64)50-18-38(62)58(34)7)54-44(66)40-36(60)16-27-14-28(71-8)10-12-30(27)52-40/h9-16,31-34,59-60H,2-3,17-22H2,1,4-8H3,(H,49,63)(H,50,64)(H,53,65)(H,54,66)/t31-,32-,33+,34+/m1/s1. The Morgan fingerprint density at radius 3 is 1.48 bits per heavy atom. The van der Waals surface area contributed by atoms with Gasteiger partial charge in [-0.25, -0.2) is 9.97 Å². The average Bonchev–Trinajstić information content (AvgIpc) is 3.39. The van der Waals surface area contributed by atoms with Gasteiger partial charge in [0.05, 0.1) is 42.6 Å². The van der Waals surface area contributed by atoms with Crippen molar-refractivity contribution in [2.75, 3.05) is 71.4 Å². The van der Waals surface area contributed by atoms with Gasteiger partial charge in [-0.15, -0.1) is 0 Å². The van der Waals surface area contributed by atoms with Gasteiger partial charge in [0.1, 0.15) is 41.4 Å². The minimum absolute atomic E-state index is 0.192. The first-order valence-corrected chi connectivity index (χ1v) is 26.9. The van der Waals surface area contributed by atoms with Crippen LogP contribution in [0.15, 0.2) is 73.1 Å². The summed E-state index contributed by atoms with van der Waals surface area (Å²) in [7, 11) is 8.48. The molecule has 4 aromatic rings. The Balaban J connectivity index is 1.31. The van der Waals surface area contributed by atoms with Crippen LogP contribution >= 0.6 is 45.1 Å². The number of carbonyl (C=O) groups is 10. The van der Waals surface area contributed by atoms with E-state index in [0.29, 0.717) is 45.6 Å². The van der Waals surface area contributed by atoms with Crippen molar-refractivity contribution in [3.05, 3.63) is 90.0 Å². The number of ether oxygens (including phenoxy) is 1. The van der Waals surface area contributed by atoms with Crippen LogP contribution < -0.4 is 26.0 Å². The number of amides is 8. The molecule has 8 amide bonds. The highest BCUT2D eigenvalue weighted by atomic mass is 33.1. The molecule has 0 spiro atoms. The molecule has 4 heterocycles. The maximum atomic E-state index is 14.4. The summed E-state index contributed by atoms with van der Waals surface area (Å²) in [6.45, 7) is 7.92. The summed E-state index contributed by atoms with van der Waals surface area (Å²) in [6.07, 6.45) is 0. The number of pyridine rings is 2. The van der Waals surface area contributed by atoms with Gasteiger partial charge in [0, 0.05) is 62.0 Å². The van der Waals surface area contributed by atoms with Crippen molar-refractivity contribution >= 4 is 124 Å². The Morgan fingerprint density at radius 1 is 0.640 bits per heavy atom. The molecule has 0 saturated carbocycles. The topological polar surface area (TPSA) is 307 Å². The van der Waals surface area contributed by atoms with Gasteiger partial charge in [-0.3, -0.25) is 47.9 Å². The number of thioether (sulfide) groups is 2. The summed E-state index contributed by atoms with van der Waals surface area (Å²) < 4.78 is 5.22. The van der Waals surface area contributed by atoms with Crippen molar-refractivity contribution < 1.29 is 62.9 Å². The van der Waals surface area contributed by atoms with Crippen molar-refractivity contribution in [2.24, 2.45) is 0 Å². The van der Waals surface area contributed by atoms with Crippen LogP contribution in [0.5, 0.6) is 17.2 Å². The highest BCUT2D eigenvalue weighted by Gasteiger charge is 2.37. The average molecular weight is 1110 g/mol. The molecule has 2 aromatic heterocycles. The third-order valence-corrected chi connectivity index (χ3v) is 16.4. The SMILES string of the molecule is C=C1C(=O)SC[C@@H](NC(=O)c2nc3ccc(OC)cc3cc2O)C(=O)NCC(=O)N(C)[C@H]2CSSC[C@@H](C(=O)N1C)N(C)C(=O)CNC(=O)[C@H](NC(=O)c1nc3ccc(C)cc3cc1O)CSC(=O)C(=C)N(C)C2=O. The first-order valence-electron chi connectivity index (χ1n) is 22.5. The lowest BCUT2D eigenvalue weighted by Crippen LogP contribution is -2.55. The highest BCUT2D eigenvalue weighted by Crippen LogP contribution is 2.30. The molecule has 2 fully saturated rings. The van der Waals surface area contributed by atoms with E-state index < -0.39 is 141 Å². The normalized spacial score (nSPS) is 21.0. The lowest BCUT2D eigenvalue weighted by Gasteiger charge is -2.33. The van der Waals surface area contributed by atoms with E-state index in [1.165, 1.54) is 47.4 Å². The van der Waals surface area contributed by atoms with E-state index >= 15 is 0 Å². The summed E-state index contributed by atoms with van der Waals surface area (Å²) in [6, 6.07) is 6.48. The predicted octanol–water partition coefficient (Wildman–Crippen LogP) is 1.17. The second kappa shape index (κ2) is 24.8. The second-order valence-corrected chi connectivity index (χ2v) is 21.5. The van der Waals surface area contributed by atoms with E-state index in [1.54, 1.807) is 36.4 Å². The molecule has 2 saturated heterocycles. The molecule has 4 atom stereocenters. The lowest BCUT2D eigenvalue weighted by molar-refractivity contribution is -0.142. The largest absolute Gasteiger partial charge is 0.505 e. The molecule has 6 N–H and O–H groups in total. The van der Waals surface area contributed by atoms with Crippen molar-refractivity contribution in [2.45, 2.75) is 31.1 Å². The van der Waals surface area contributed by atoms with Crippen LogP contribution in [0.25, 0.3) is 21.8 Å². The monoisotopic (exact) mass is 1100 g/mol. The fourth-order valence-corrected chi connectivity index (χ4v) is 11.5. The fourth-order valence-electron chi connectivity index (χ4n) is 7.27. The van der Waals surface area contributed by atoms with Gasteiger partial charge < -0.3 is 55.8 Å². The molecule has 0 aliphatic carbocycles. The molecule has 2 aliphatic heterocycles. The first-order chi connectivity index (χ1) is 35.5. The number of methoxy groups -OCH3 is 1. The number of aryl methyl sites for hydroxylation is 1. The number of carbonyl (C=O) groups excluding carboxylic acids is 10. The van der Waals surface area contributed by atoms with E-state index in [-0.39, 0.29) is 17.0 Å². The van der Waals surface area contributed by atoms with Crippen molar-refractivity contribution in [3.63, 3.8) is 0 Å². The molecular formula is C48H52N10O13S4. The van der Waals surface area contributed by atoms with Gasteiger partial charge in [-0.2, -0.15) is 0 Å². The van der Waals surface area contributed by atoms with E-state index in [2.05, 4.69) is 44.4 Å². The molecule has 0 unspecified atom stereocenters. The number of benzene rings is 2. The number of likely N-dealkylation sites (N-methyl/N-ethyl adjacent to an activating group) is 4. The molecule has 75 heavy (non-hydrogen) atoms. The molecule has 2 bridgehead atoms. The summed E-state index contributed by atoms with van der Waals surface area (Å²) in [4.78, 5) is 152. The first kappa shape index (κ1) is 56.9. The maximum absolute atomic E-state index is 14.4. The Labute approximate surface area is 445 Å². The number of hydrogen-bond donors (Lipinski definition) is 6. The molecular weight excluding hydrogens is 1050 g/mol. The minimum Gasteiger partial charge on any atom is -0.505 e. The zero-order chi connectivity index (χ0) is 55.0. The van der Waals surface area contributed by atoms with Crippen LogP contribution in [0.3, 0.4) is 0 Å². The molecule has 396 valence electrons. The molecule has 27 heteroatoms. The molecule has 23 nitrogen and oxygen atoms in total. The van der Waals surface area contributed by atoms with Crippen molar-refractivity contribution in [3.8, 4) is 17.2 Å². The van der Waals surface area contributed by atoms with E-state index in [9.17, 15) is 58.2 Å². The number of hydrogen-bond acceptors (Lipinski definition) is 19. The van der Waals surface area contributed by atoms with Gasteiger partial charge in [-0.05, 0) is 49.4 Å². The highest BCUT2D eigenvalue weighted by molar-refractivity contribution is 8.76. The second-order valence-electron chi connectivity index (χ2n) is 16.9. The number of aromatic hydroxyl groups is 2. The van der Waals surface area contributed by atoms with Crippen LogP contribution in [-0.2, 0) is 38.4 Å². The summed E-state index contributed by atoms with van der Waals surface area (Å²) >= 11 is 0.956. The number of aromatic nitrogens is 2. The lowest BCUT2D eigenvalue weighted by atomic mass is 10.1. The molecule has 6 rings (SSSR count). The van der Waals surface area contributed by atoms with Gasteiger partial charge in [0.25, 0.3) is 23.6 Å². The van der Waals surface area contributed by atoms with Crippen LogP contribution in [-0.4, -0.2) is 193 Å². The zero-order valence-corrected chi connectivity index (χ0v) is 44.6. The number of nitrogens with one attached hydrogen (secondary N) is 4. The number of fused-ring (bicyclic) bond motifs is 7. The van der Waals surface area contributed by atoms with E-state index in [4.69, 9.17) is 4.74 Å². The molecule has 2 aromatic carbocycles. The smallest absolute Gasteiger partial charge is 0.274 e. The van der Waals surface area contributed by atoms with E-state index in [1.807, 2.05) is 6.92 Å². The Morgan fingerprint density at radius 2 is 1.05 bits per heavy atom. The van der Waals surface area contributed by atoms with Crippen LogP contribution in [0.4, 0.5) is 0 Å². The summed E-state index contributed by atoms with van der Waals surface area (Å²) in [5.74, 6) is -9.29. The zero-order valence-electron chi connectivity index (χ0n) is 41.3. The van der Waals surface area contributed by atoms with Crippen molar-refractivity contribution in [1.29, 1.82) is 0 Å². The van der Waals surface area contributed by atoms with Gasteiger partial charge in [-0.1, -0.05) is 69.9 Å². The predicted molar refractivity (Wildman–Crippen MR) is 283 cm³/mol. The van der Waals surface area contributed by atoms with Gasteiger partial charge >= 0.3 is 0 Å². The van der Waals surface area contributed by atoms with Crippen LogP contribution in [0.1, 0.15) is 26.5 Å². The van der Waals surface area contributed by atoms with Gasteiger partial charge in [0.15, 0.2) is 11.4 Å². The van der Waals surface area contributed by atoms with Crippen molar-refractivity contribution in [1.82, 2.24) is 50.8 Å². The minimum atomic E-state index is -1.60. The van der Waals surface area contributed by atoms with Crippen LogP contribution in [0.2, 0.25) is 0 Å².